The first-order valence-electron chi connectivity index (χ1n) is 9.74. The van der Waals surface area contributed by atoms with Crippen LogP contribution in [-0.2, 0) is 11.2 Å². The Bertz CT molecular complexity index is 1020. The van der Waals surface area contributed by atoms with Crippen molar-refractivity contribution in [1.82, 2.24) is 15.3 Å². The number of benzene rings is 1. The fraction of sp³-hybridized carbons (Fsp3) is 0.381. The van der Waals surface area contributed by atoms with E-state index in [9.17, 15) is 4.79 Å². The van der Waals surface area contributed by atoms with Crippen LogP contribution in [0.1, 0.15) is 33.6 Å². The highest BCUT2D eigenvalue weighted by molar-refractivity contribution is 7.20. The number of carbonyl (C=O) groups is 1. The summed E-state index contributed by atoms with van der Waals surface area (Å²) < 4.78 is 5.67. The molecule has 6 nitrogen and oxygen atoms in total. The number of aromatic nitrogens is 2. The van der Waals surface area contributed by atoms with Gasteiger partial charge in [-0.15, -0.1) is 11.3 Å². The van der Waals surface area contributed by atoms with E-state index >= 15 is 0 Å². The van der Waals surface area contributed by atoms with Crippen LogP contribution in [0.4, 0.5) is 5.82 Å². The van der Waals surface area contributed by atoms with E-state index in [2.05, 4.69) is 20.6 Å². The lowest BCUT2D eigenvalue weighted by atomic mass is 10.1. The minimum absolute atomic E-state index is 0.0948. The number of hydrogen-bond donors (Lipinski definition) is 2. The molecule has 1 fully saturated rings. The van der Waals surface area contributed by atoms with Crippen LogP contribution in [0.3, 0.4) is 0 Å². The number of halogens is 1. The van der Waals surface area contributed by atoms with Crippen molar-refractivity contribution in [3.8, 4) is 0 Å². The summed E-state index contributed by atoms with van der Waals surface area (Å²) in [7, 11) is 0. The van der Waals surface area contributed by atoms with Gasteiger partial charge in [-0.05, 0) is 43.4 Å². The maximum absolute atomic E-state index is 12.8. The van der Waals surface area contributed by atoms with Crippen LogP contribution in [0.5, 0.6) is 0 Å². The van der Waals surface area contributed by atoms with Gasteiger partial charge in [0, 0.05) is 24.7 Å². The molecular formula is C21H23ClN4O2S. The smallest absolute Gasteiger partial charge is 0.261 e. The summed E-state index contributed by atoms with van der Waals surface area (Å²) in [6.45, 7) is 4.00. The highest BCUT2D eigenvalue weighted by atomic mass is 35.5. The van der Waals surface area contributed by atoms with Gasteiger partial charge in [-0.1, -0.05) is 29.8 Å². The van der Waals surface area contributed by atoms with Gasteiger partial charge in [0.05, 0.1) is 16.4 Å². The highest BCUT2D eigenvalue weighted by Crippen LogP contribution is 2.33. The van der Waals surface area contributed by atoms with E-state index in [1.807, 2.05) is 31.2 Å². The summed E-state index contributed by atoms with van der Waals surface area (Å²) >= 11 is 7.58. The number of carbonyl (C=O) groups excluding carboxylic acids is 1. The molecule has 0 unspecified atom stereocenters. The number of anilines is 1. The molecule has 1 atom stereocenters. The van der Waals surface area contributed by atoms with Gasteiger partial charge in [0.1, 0.15) is 17.0 Å². The third-order valence-electron chi connectivity index (χ3n) is 5.09. The lowest BCUT2D eigenvalue weighted by Gasteiger charge is -2.12. The maximum Gasteiger partial charge on any atom is 0.261 e. The van der Waals surface area contributed by atoms with Crippen LogP contribution >= 0.6 is 22.9 Å². The molecule has 2 aromatic heterocycles. The Labute approximate surface area is 178 Å². The normalized spacial score (nSPS) is 16.3. The molecule has 8 heteroatoms. The standard InChI is InChI=1S/C21H23ClN4O2S/c1-13-17-19(24-11-15-6-4-10-28-15)25-12-26-21(17)29-18(13)20(27)23-9-8-14-5-2-3-7-16(14)22/h2-3,5,7,12,15H,4,6,8-11H2,1H3,(H,23,27)(H,24,25,26)/t15-/m0/s1. The average molecular weight is 431 g/mol. The van der Waals surface area contributed by atoms with E-state index in [1.54, 1.807) is 0 Å². The number of thiophene rings is 1. The van der Waals surface area contributed by atoms with Crippen molar-refractivity contribution >= 4 is 44.9 Å². The monoisotopic (exact) mass is 430 g/mol. The van der Waals surface area contributed by atoms with Crippen molar-refractivity contribution in [3.63, 3.8) is 0 Å². The minimum atomic E-state index is -0.0948. The van der Waals surface area contributed by atoms with Gasteiger partial charge < -0.3 is 15.4 Å². The molecule has 1 amide bonds. The predicted octanol–water partition coefficient (Wildman–Crippen LogP) is 4.22. The fourth-order valence-electron chi connectivity index (χ4n) is 3.53. The fourth-order valence-corrected chi connectivity index (χ4v) is 4.83. The van der Waals surface area contributed by atoms with Gasteiger partial charge in [-0.2, -0.15) is 0 Å². The van der Waals surface area contributed by atoms with E-state index in [1.165, 1.54) is 17.7 Å². The van der Waals surface area contributed by atoms with Gasteiger partial charge in [-0.3, -0.25) is 4.79 Å². The van der Waals surface area contributed by atoms with Crippen molar-refractivity contribution in [3.05, 3.63) is 51.6 Å². The van der Waals surface area contributed by atoms with Gasteiger partial charge in [0.15, 0.2) is 0 Å². The summed E-state index contributed by atoms with van der Waals surface area (Å²) in [5.41, 5.74) is 1.92. The van der Waals surface area contributed by atoms with Crippen LogP contribution in [0, 0.1) is 6.92 Å². The van der Waals surface area contributed by atoms with Crippen LogP contribution < -0.4 is 10.6 Å². The Morgan fingerprint density at radius 2 is 2.21 bits per heavy atom. The summed E-state index contributed by atoms with van der Waals surface area (Å²) in [5.74, 6) is 0.664. The summed E-state index contributed by atoms with van der Waals surface area (Å²) in [4.78, 5) is 23.0. The summed E-state index contributed by atoms with van der Waals surface area (Å²) in [6.07, 6.45) is 4.59. The first-order valence-corrected chi connectivity index (χ1v) is 10.9. The second-order valence-electron chi connectivity index (χ2n) is 7.07. The molecular weight excluding hydrogens is 408 g/mol. The zero-order valence-electron chi connectivity index (χ0n) is 16.2. The molecule has 3 aromatic rings. The van der Waals surface area contributed by atoms with Crippen LogP contribution in [0.25, 0.3) is 10.2 Å². The largest absolute Gasteiger partial charge is 0.376 e. The van der Waals surface area contributed by atoms with Crippen LogP contribution in [0.2, 0.25) is 5.02 Å². The Balaban J connectivity index is 1.45. The van der Waals surface area contributed by atoms with Crippen molar-refractivity contribution in [2.75, 3.05) is 25.0 Å². The molecule has 1 aliphatic heterocycles. The number of hydrogen-bond acceptors (Lipinski definition) is 6. The number of amides is 1. The van der Waals surface area contributed by atoms with Gasteiger partial charge in [0.2, 0.25) is 0 Å². The molecule has 1 saturated heterocycles. The number of nitrogens with one attached hydrogen (secondary N) is 2. The number of fused-ring (bicyclic) bond motifs is 1. The first kappa shape index (κ1) is 20.1. The lowest BCUT2D eigenvalue weighted by Crippen LogP contribution is -2.25. The van der Waals surface area contributed by atoms with E-state index in [4.69, 9.17) is 16.3 Å². The Hall–Kier alpha value is -2.22. The number of ether oxygens (including phenoxy) is 1. The Kier molecular flexibility index (Phi) is 6.28. The molecule has 0 radical (unpaired) electrons. The van der Waals surface area contributed by atoms with Gasteiger partial charge >= 0.3 is 0 Å². The van der Waals surface area contributed by atoms with E-state index in [0.29, 0.717) is 24.4 Å². The number of rotatable bonds is 7. The number of aryl methyl sites for hydroxylation is 1. The van der Waals surface area contributed by atoms with Crippen LogP contribution in [0.15, 0.2) is 30.6 Å². The van der Waals surface area contributed by atoms with Crippen molar-refractivity contribution in [2.45, 2.75) is 32.3 Å². The van der Waals surface area contributed by atoms with Crippen molar-refractivity contribution in [2.24, 2.45) is 0 Å². The summed E-state index contributed by atoms with van der Waals surface area (Å²) in [5, 5.41) is 8.00. The second-order valence-corrected chi connectivity index (χ2v) is 8.48. The molecule has 0 saturated carbocycles. The zero-order chi connectivity index (χ0) is 20.2. The molecule has 152 valence electrons. The van der Waals surface area contributed by atoms with Crippen molar-refractivity contribution < 1.29 is 9.53 Å². The quantitative estimate of drug-likeness (QED) is 0.587. The van der Waals surface area contributed by atoms with E-state index in [0.717, 1.165) is 51.6 Å². The van der Waals surface area contributed by atoms with Crippen molar-refractivity contribution in [1.29, 1.82) is 0 Å². The molecule has 2 N–H and O–H groups in total. The van der Waals surface area contributed by atoms with E-state index < -0.39 is 0 Å². The molecule has 0 bridgehead atoms. The predicted molar refractivity (Wildman–Crippen MR) is 117 cm³/mol. The molecule has 1 aliphatic rings. The third-order valence-corrected chi connectivity index (χ3v) is 6.66. The second kappa shape index (κ2) is 9.07. The molecule has 4 rings (SSSR count). The van der Waals surface area contributed by atoms with Gasteiger partial charge in [-0.25, -0.2) is 9.97 Å². The first-order chi connectivity index (χ1) is 14.1. The molecule has 1 aromatic carbocycles. The SMILES string of the molecule is Cc1c(C(=O)NCCc2ccccc2Cl)sc2ncnc(NC[C@@H]3CCCO3)c12. The molecule has 3 heterocycles. The molecule has 0 aliphatic carbocycles. The minimum Gasteiger partial charge on any atom is -0.376 e. The third kappa shape index (κ3) is 4.52. The highest BCUT2D eigenvalue weighted by Gasteiger charge is 2.20. The molecule has 0 spiro atoms. The van der Waals surface area contributed by atoms with Crippen LogP contribution in [-0.4, -0.2) is 41.7 Å². The molecule has 29 heavy (non-hydrogen) atoms. The lowest BCUT2D eigenvalue weighted by molar-refractivity contribution is 0.0957. The van der Waals surface area contributed by atoms with E-state index in [-0.39, 0.29) is 12.0 Å². The number of nitrogens with zero attached hydrogens (tertiary/aromatic N) is 2. The zero-order valence-corrected chi connectivity index (χ0v) is 17.8. The van der Waals surface area contributed by atoms with Gasteiger partial charge in [0.25, 0.3) is 5.91 Å². The summed E-state index contributed by atoms with van der Waals surface area (Å²) in [6, 6.07) is 7.68. The Morgan fingerprint density at radius 1 is 1.34 bits per heavy atom. The average Bonchev–Trinajstić information content (AvgIpc) is 3.36. The topological polar surface area (TPSA) is 76.1 Å². The maximum atomic E-state index is 12.8. The Morgan fingerprint density at radius 3 is 3.00 bits per heavy atom.